The molecular weight excluding hydrogens is 316 g/mol. The lowest BCUT2D eigenvalue weighted by atomic mass is 9.97. The summed E-state index contributed by atoms with van der Waals surface area (Å²) >= 11 is 0. The van der Waals surface area contributed by atoms with E-state index in [0.29, 0.717) is 12.5 Å². The minimum Gasteiger partial charge on any atom is -0.492 e. The van der Waals surface area contributed by atoms with Gasteiger partial charge in [0.25, 0.3) is 0 Å². The first-order valence-electron chi connectivity index (χ1n) is 9.15. The van der Waals surface area contributed by atoms with E-state index in [-0.39, 0.29) is 0 Å². The van der Waals surface area contributed by atoms with Crippen molar-refractivity contribution in [2.45, 2.75) is 12.8 Å². The fourth-order valence-electron chi connectivity index (χ4n) is 2.95. The third kappa shape index (κ3) is 7.75. The minimum atomic E-state index is 0.614. The highest BCUT2D eigenvalue weighted by atomic mass is 16.5. The Balaban J connectivity index is 1.56. The zero-order valence-electron chi connectivity index (χ0n) is 15.5. The van der Waals surface area contributed by atoms with Crippen molar-refractivity contribution >= 4 is 5.96 Å². The smallest absolute Gasteiger partial charge is 0.191 e. The third-order valence-electron chi connectivity index (χ3n) is 4.51. The number of ether oxygens (including phenoxy) is 2. The molecule has 1 heterocycles. The van der Waals surface area contributed by atoms with Crippen LogP contribution in [-0.4, -0.2) is 71.0 Å². The second-order valence-corrected chi connectivity index (χ2v) is 6.32. The lowest BCUT2D eigenvalue weighted by Gasteiger charge is -2.32. The van der Waals surface area contributed by atoms with Gasteiger partial charge in [0.1, 0.15) is 12.4 Å². The molecule has 0 bridgehead atoms. The molecule has 140 valence electrons. The number of hydrogen-bond donors (Lipinski definition) is 2. The quantitative estimate of drug-likeness (QED) is 0.403. The normalized spacial score (nSPS) is 16.6. The summed E-state index contributed by atoms with van der Waals surface area (Å²) < 4.78 is 10.8. The summed E-state index contributed by atoms with van der Waals surface area (Å²) in [6.45, 7) is 6.50. The molecule has 1 fully saturated rings. The molecule has 0 aliphatic carbocycles. The van der Waals surface area contributed by atoms with Crippen molar-refractivity contribution in [3.05, 3.63) is 30.3 Å². The molecule has 1 aromatic carbocycles. The van der Waals surface area contributed by atoms with Crippen molar-refractivity contribution in [1.82, 2.24) is 15.5 Å². The molecule has 1 aliphatic rings. The zero-order chi connectivity index (χ0) is 17.7. The monoisotopic (exact) mass is 348 g/mol. The first kappa shape index (κ1) is 19.5. The Labute approximate surface area is 151 Å². The number of methoxy groups -OCH3 is 1. The molecule has 0 amide bonds. The molecular formula is C19H32N4O2. The van der Waals surface area contributed by atoms with Gasteiger partial charge in [-0.15, -0.1) is 0 Å². The largest absolute Gasteiger partial charge is 0.492 e. The summed E-state index contributed by atoms with van der Waals surface area (Å²) in [5.74, 6) is 2.45. The van der Waals surface area contributed by atoms with Gasteiger partial charge in [0, 0.05) is 27.2 Å². The van der Waals surface area contributed by atoms with E-state index in [9.17, 15) is 0 Å². The summed E-state index contributed by atoms with van der Waals surface area (Å²) in [6, 6.07) is 9.87. The van der Waals surface area contributed by atoms with Crippen LogP contribution in [0, 0.1) is 5.92 Å². The number of guanidine groups is 1. The van der Waals surface area contributed by atoms with Crippen LogP contribution in [0.4, 0.5) is 0 Å². The number of aliphatic imine (C=N–C) groups is 1. The number of rotatable bonds is 9. The topological polar surface area (TPSA) is 58.1 Å². The van der Waals surface area contributed by atoms with E-state index in [2.05, 4.69) is 20.5 Å². The van der Waals surface area contributed by atoms with Crippen LogP contribution in [0.1, 0.15) is 12.8 Å². The molecule has 1 aromatic rings. The van der Waals surface area contributed by atoms with Crippen LogP contribution in [0.2, 0.25) is 0 Å². The molecule has 1 saturated heterocycles. The lowest BCUT2D eigenvalue weighted by molar-refractivity contribution is 0.121. The van der Waals surface area contributed by atoms with Crippen molar-refractivity contribution in [2.75, 3.05) is 60.1 Å². The van der Waals surface area contributed by atoms with Crippen LogP contribution in [0.25, 0.3) is 0 Å². The highest BCUT2D eigenvalue weighted by Gasteiger charge is 2.18. The third-order valence-corrected chi connectivity index (χ3v) is 4.51. The summed E-state index contributed by atoms with van der Waals surface area (Å²) in [4.78, 5) is 6.76. The number of hydrogen-bond acceptors (Lipinski definition) is 4. The van der Waals surface area contributed by atoms with Crippen molar-refractivity contribution in [3.63, 3.8) is 0 Å². The van der Waals surface area contributed by atoms with Crippen molar-refractivity contribution in [1.29, 1.82) is 0 Å². The molecule has 0 saturated carbocycles. The van der Waals surface area contributed by atoms with E-state index in [1.165, 1.54) is 12.8 Å². The van der Waals surface area contributed by atoms with Gasteiger partial charge >= 0.3 is 0 Å². The molecule has 6 heteroatoms. The molecule has 25 heavy (non-hydrogen) atoms. The first-order valence-corrected chi connectivity index (χ1v) is 9.15. The van der Waals surface area contributed by atoms with Gasteiger partial charge < -0.3 is 25.0 Å². The second kappa shape index (κ2) is 11.7. The fourth-order valence-corrected chi connectivity index (χ4v) is 2.95. The van der Waals surface area contributed by atoms with Crippen LogP contribution in [0.3, 0.4) is 0 Å². The zero-order valence-corrected chi connectivity index (χ0v) is 15.5. The van der Waals surface area contributed by atoms with E-state index < -0.39 is 0 Å². The predicted molar refractivity (Wildman–Crippen MR) is 102 cm³/mol. The van der Waals surface area contributed by atoms with Gasteiger partial charge in [0.2, 0.25) is 0 Å². The van der Waals surface area contributed by atoms with Crippen molar-refractivity contribution in [2.24, 2.45) is 10.9 Å². The number of nitrogens with zero attached hydrogens (tertiary/aromatic N) is 2. The highest BCUT2D eigenvalue weighted by molar-refractivity contribution is 5.79. The summed E-state index contributed by atoms with van der Waals surface area (Å²) in [7, 11) is 3.57. The van der Waals surface area contributed by atoms with Crippen LogP contribution in [0.5, 0.6) is 5.75 Å². The van der Waals surface area contributed by atoms with Crippen LogP contribution < -0.4 is 15.4 Å². The Hall–Kier alpha value is -1.79. The number of para-hydroxylation sites is 1. The van der Waals surface area contributed by atoms with Gasteiger partial charge in [0.05, 0.1) is 13.2 Å². The maximum absolute atomic E-state index is 5.68. The molecule has 2 N–H and O–H groups in total. The average Bonchev–Trinajstić information content (AvgIpc) is 2.67. The Morgan fingerprint density at radius 3 is 2.60 bits per heavy atom. The fraction of sp³-hybridized carbons (Fsp3) is 0.632. The lowest BCUT2D eigenvalue weighted by Crippen LogP contribution is -2.44. The van der Waals surface area contributed by atoms with Gasteiger partial charge in [-0.3, -0.25) is 4.99 Å². The molecule has 1 aliphatic heterocycles. The SMILES string of the molecule is CN=C(NCCOc1ccccc1)NCC1CCN(CCOC)CC1. The van der Waals surface area contributed by atoms with E-state index in [0.717, 1.165) is 51.0 Å². The summed E-state index contributed by atoms with van der Waals surface area (Å²) in [6.07, 6.45) is 2.45. The Bertz CT molecular complexity index is 487. The Kier molecular flexibility index (Phi) is 9.15. The number of piperidine rings is 1. The van der Waals surface area contributed by atoms with E-state index in [4.69, 9.17) is 9.47 Å². The molecule has 2 rings (SSSR count). The second-order valence-electron chi connectivity index (χ2n) is 6.32. The van der Waals surface area contributed by atoms with Gasteiger partial charge in [-0.05, 0) is 44.0 Å². The van der Waals surface area contributed by atoms with Crippen molar-refractivity contribution in [3.8, 4) is 5.75 Å². The van der Waals surface area contributed by atoms with Crippen LogP contribution in [-0.2, 0) is 4.74 Å². The number of nitrogens with one attached hydrogen (secondary N) is 2. The van der Waals surface area contributed by atoms with Gasteiger partial charge in [-0.1, -0.05) is 18.2 Å². The predicted octanol–water partition coefficient (Wildman–Crippen LogP) is 1.59. The number of benzene rings is 1. The maximum atomic E-state index is 5.68. The van der Waals surface area contributed by atoms with E-state index in [1.54, 1.807) is 14.2 Å². The minimum absolute atomic E-state index is 0.614. The first-order chi connectivity index (χ1) is 12.3. The van der Waals surface area contributed by atoms with Gasteiger partial charge in [-0.25, -0.2) is 0 Å². The molecule has 0 atom stereocenters. The van der Waals surface area contributed by atoms with Crippen LogP contribution in [0.15, 0.2) is 35.3 Å². The number of likely N-dealkylation sites (tertiary alicyclic amines) is 1. The average molecular weight is 348 g/mol. The molecule has 0 spiro atoms. The molecule has 0 unspecified atom stereocenters. The molecule has 0 radical (unpaired) electrons. The van der Waals surface area contributed by atoms with E-state index in [1.807, 2.05) is 30.3 Å². The maximum Gasteiger partial charge on any atom is 0.191 e. The van der Waals surface area contributed by atoms with E-state index >= 15 is 0 Å². The standard InChI is InChI=1S/C19H32N4O2/c1-20-19(21-10-14-25-18-6-4-3-5-7-18)22-16-17-8-11-23(12-9-17)13-15-24-2/h3-7,17H,8-16H2,1-2H3,(H2,20,21,22). The molecule has 0 aromatic heterocycles. The van der Waals surface area contributed by atoms with Crippen molar-refractivity contribution < 1.29 is 9.47 Å². The van der Waals surface area contributed by atoms with Gasteiger partial charge in [0.15, 0.2) is 5.96 Å². The van der Waals surface area contributed by atoms with Gasteiger partial charge in [-0.2, -0.15) is 0 Å². The Morgan fingerprint density at radius 2 is 1.92 bits per heavy atom. The summed E-state index contributed by atoms with van der Waals surface area (Å²) in [5, 5.41) is 6.74. The molecule has 6 nitrogen and oxygen atoms in total. The summed E-state index contributed by atoms with van der Waals surface area (Å²) in [5.41, 5.74) is 0. The Morgan fingerprint density at radius 1 is 1.16 bits per heavy atom. The van der Waals surface area contributed by atoms with Crippen LogP contribution >= 0.6 is 0 Å². The highest BCUT2D eigenvalue weighted by Crippen LogP contribution is 2.15.